The Balaban J connectivity index is 2.35. The van der Waals surface area contributed by atoms with Crippen molar-refractivity contribution < 1.29 is 0 Å². The second kappa shape index (κ2) is 4.07. The van der Waals surface area contributed by atoms with E-state index < -0.39 is 0 Å². The van der Waals surface area contributed by atoms with Gasteiger partial charge in [0, 0.05) is 18.0 Å². The van der Waals surface area contributed by atoms with E-state index in [1.807, 2.05) is 30.3 Å². The third-order valence-corrected chi connectivity index (χ3v) is 2.66. The number of nitrogens with zero attached hydrogens (tertiary/aromatic N) is 4. The summed E-state index contributed by atoms with van der Waals surface area (Å²) in [7, 11) is 0. The van der Waals surface area contributed by atoms with E-state index in [4.69, 9.17) is 11.6 Å². The number of hydrogen-bond donors (Lipinski definition) is 0. The van der Waals surface area contributed by atoms with Crippen LogP contribution >= 0.6 is 11.6 Å². The van der Waals surface area contributed by atoms with Crippen LogP contribution in [0.5, 0.6) is 0 Å². The first kappa shape index (κ1) is 10.1. The summed E-state index contributed by atoms with van der Waals surface area (Å²) < 4.78 is 0. The number of aromatic nitrogens is 4. The Morgan fingerprint density at radius 2 is 1.53 bits per heavy atom. The van der Waals surface area contributed by atoms with Crippen molar-refractivity contribution in [3.63, 3.8) is 0 Å². The number of halogens is 1. The molecule has 3 aromatic rings. The van der Waals surface area contributed by atoms with Crippen molar-refractivity contribution in [2.45, 2.75) is 0 Å². The molecule has 0 radical (unpaired) electrons. The summed E-state index contributed by atoms with van der Waals surface area (Å²) in [5.41, 5.74) is 2.88. The van der Waals surface area contributed by atoms with Gasteiger partial charge >= 0.3 is 0 Å². The third-order valence-electron chi connectivity index (χ3n) is 2.40. The molecule has 0 saturated carbocycles. The van der Waals surface area contributed by atoms with Crippen LogP contribution in [0.4, 0.5) is 0 Å². The van der Waals surface area contributed by atoms with Gasteiger partial charge in [0.25, 0.3) is 0 Å². The quantitative estimate of drug-likeness (QED) is 0.658. The van der Waals surface area contributed by atoms with Gasteiger partial charge in [-0.05, 0) is 0 Å². The van der Waals surface area contributed by atoms with Crippen LogP contribution in [0.2, 0.25) is 5.15 Å². The molecule has 3 rings (SSSR count). The smallest absolute Gasteiger partial charge is 0.179 e. The Kier molecular flexibility index (Phi) is 2.42. The SMILES string of the molecule is Clc1nnc(-c2ccccc2)c2nccnc12. The van der Waals surface area contributed by atoms with E-state index in [0.29, 0.717) is 16.7 Å². The maximum absolute atomic E-state index is 5.94. The highest BCUT2D eigenvalue weighted by molar-refractivity contribution is 6.33. The lowest BCUT2D eigenvalue weighted by molar-refractivity contribution is 1.04. The van der Waals surface area contributed by atoms with E-state index in [0.717, 1.165) is 5.56 Å². The highest BCUT2D eigenvalue weighted by Gasteiger charge is 2.11. The Morgan fingerprint density at radius 1 is 0.824 bits per heavy atom. The first-order chi connectivity index (χ1) is 8.36. The van der Waals surface area contributed by atoms with Crippen molar-refractivity contribution in [2.75, 3.05) is 0 Å². The van der Waals surface area contributed by atoms with Crippen molar-refractivity contribution >= 4 is 22.6 Å². The van der Waals surface area contributed by atoms with Crippen LogP contribution in [-0.2, 0) is 0 Å². The molecule has 1 aromatic carbocycles. The largest absolute Gasteiger partial charge is 0.251 e. The molecule has 0 aliphatic carbocycles. The lowest BCUT2D eigenvalue weighted by Gasteiger charge is -2.03. The third kappa shape index (κ3) is 1.72. The van der Waals surface area contributed by atoms with E-state index in [1.165, 1.54) is 0 Å². The average molecular weight is 243 g/mol. The molecule has 0 atom stereocenters. The summed E-state index contributed by atoms with van der Waals surface area (Å²) in [6.45, 7) is 0. The minimum atomic E-state index is 0.271. The highest BCUT2D eigenvalue weighted by Crippen LogP contribution is 2.25. The molecular formula is C12H7ClN4. The fourth-order valence-corrected chi connectivity index (χ4v) is 1.82. The predicted molar refractivity (Wildman–Crippen MR) is 65.6 cm³/mol. The molecule has 17 heavy (non-hydrogen) atoms. The van der Waals surface area contributed by atoms with Crippen LogP contribution < -0.4 is 0 Å². The van der Waals surface area contributed by atoms with Gasteiger partial charge in [0.2, 0.25) is 0 Å². The normalized spacial score (nSPS) is 10.6. The van der Waals surface area contributed by atoms with E-state index in [2.05, 4.69) is 20.2 Å². The molecule has 2 aromatic heterocycles. The van der Waals surface area contributed by atoms with Gasteiger partial charge < -0.3 is 0 Å². The zero-order chi connectivity index (χ0) is 11.7. The van der Waals surface area contributed by atoms with Crippen molar-refractivity contribution in [1.82, 2.24) is 20.2 Å². The maximum Gasteiger partial charge on any atom is 0.179 e. The number of benzene rings is 1. The topological polar surface area (TPSA) is 51.6 Å². The fourth-order valence-electron chi connectivity index (χ4n) is 1.64. The van der Waals surface area contributed by atoms with Crippen LogP contribution in [0.15, 0.2) is 42.7 Å². The molecule has 82 valence electrons. The van der Waals surface area contributed by atoms with Crippen molar-refractivity contribution in [3.8, 4) is 11.3 Å². The highest BCUT2D eigenvalue weighted by atomic mass is 35.5. The molecule has 0 amide bonds. The summed E-state index contributed by atoms with van der Waals surface area (Å²) in [4.78, 5) is 8.44. The summed E-state index contributed by atoms with van der Waals surface area (Å²) in [5, 5.41) is 8.26. The molecule has 5 heteroatoms. The minimum Gasteiger partial charge on any atom is -0.251 e. The van der Waals surface area contributed by atoms with Gasteiger partial charge in [-0.25, -0.2) is 4.98 Å². The standard InChI is InChI=1S/C12H7ClN4/c13-12-11-10(14-6-7-15-11)9(16-17-12)8-4-2-1-3-5-8/h1-7H. The van der Waals surface area contributed by atoms with Crippen LogP contribution in [0.1, 0.15) is 0 Å². The molecule has 0 unspecified atom stereocenters. The fraction of sp³-hybridized carbons (Fsp3) is 0. The maximum atomic E-state index is 5.94. The Hall–Kier alpha value is -2.07. The van der Waals surface area contributed by atoms with E-state index in [9.17, 15) is 0 Å². The van der Waals surface area contributed by atoms with E-state index in [1.54, 1.807) is 12.4 Å². The van der Waals surface area contributed by atoms with Crippen LogP contribution in [0.3, 0.4) is 0 Å². The molecule has 0 aliphatic heterocycles. The Labute approximate surface area is 102 Å². The van der Waals surface area contributed by atoms with E-state index >= 15 is 0 Å². The molecule has 0 spiro atoms. The number of hydrogen-bond acceptors (Lipinski definition) is 4. The molecule has 2 heterocycles. The van der Waals surface area contributed by atoms with Crippen molar-refractivity contribution in [3.05, 3.63) is 47.9 Å². The van der Waals surface area contributed by atoms with Gasteiger partial charge in [-0.2, -0.15) is 0 Å². The van der Waals surface area contributed by atoms with Gasteiger partial charge in [0.1, 0.15) is 16.7 Å². The van der Waals surface area contributed by atoms with E-state index in [-0.39, 0.29) is 5.15 Å². The molecule has 0 bridgehead atoms. The van der Waals surface area contributed by atoms with Crippen LogP contribution in [0, 0.1) is 0 Å². The molecule has 4 nitrogen and oxygen atoms in total. The lowest BCUT2D eigenvalue weighted by atomic mass is 10.1. The first-order valence-electron chi connectivity index (χ1n) is 5.04. The summed E-state index contributed by atoms with van der Waals surface area (Å²) in [6.07, 6.45) is 3.21. The predicted octanol–water partition coefficient (Wildman–Crippen LogP) is 2.74. The van der Waals surface area contributed by atoms with Gasteiger partial charge in [-0.1, -0.05) is 41.9 Å². The van der Waals surface area contributed by atoms with Gasteiger partial charge in [-0.15, -0.1) is 10.2 Å². The Bertz CT molecular complexity index is 670. The van der Waals surface area contributed by atoms with Gasteiger partial charge in [0.15, 0.2) is 5.15 Å². The summed E-state index contributed by atoms with van der Waals surface area (Å²) >= 11 is 5.94. The van der Waals surface area contributed by atoms with Crippen molar-refractivity contribution in [1.29, 1.82) is 0 Å². The monoisotopic (exact) mass is 242 g/mol. The zero-order valence-electron chi connectivity index (χ0n) is 8.71. The van der Waals surface area contributed by atoms with Crippen molar-refractivity contribution in [2.24, 2.45) is 0 Å². The van der Waals surface area contributed by atoms with Gasteiger partial charge in [-0.3, -0.25) is 4.98 Å². The second-order valence-electron chi connectivity index (χ2n) is 3.46. The molecular weight excluding hydrogens is 236 g/mol. The average Bonchev–Trinajstić information content (AvgIpc) is 2.41. The number of rotatable bonds is 1. The lowest BCUT2D eigenvalue weighted by Crippen LogP contribution is -1.94. The van der Waals surface area contributed by atoms with Crippen LogP contribution in [0.25, 0.3) is 22.3 Å². The summed E-state index contributed by atoms with van der Waals surface area (Å²) in [5.74, 6) is 0. The molecule has 0 aliphatic rings. The minimum absolute atomic E-state index is 0.271. The molecule has 0 N–H and O–H groups in total. The number of fused-ring (bicyclic) bond motifs is 1. The zero-order valence-corrected chi connectivity index (χ0v) is 9.46. The Morgan fingerprint density at radius 3 is 2.29 bits per heavy atom. The summed E-state index contributed by atoms with van der Waals surface area (Å²) in [6, 6.07) is 9.72. The molecule has 0 fully saturated rings. The molecule has 0 saturated heterocycles. The van der Waals surface area contributed by atoms with Crippen LogP contribution in [-0.4, -0.2) is 20.2 Å². The second-order valence-corrected chi connectivity index (χ2v) is 3.82. The first-order valence-corrected chi connectivity index (χ1v) is 5.42. The van der Waals surface area contributed by atoms with Gasteiger partial charge in [0.05, 0.1) is 0 Å².